The Labute approximate surface area is 80.1 Å². The first-order valence-electron chi connectivity index (χ1n) is 3.70. The van der Waals surface area contributed by atoms with E-state index in [1.807, 2.05) is 12.3 Å². The lowest BCUT2D eigenvalue weighted by molar-refractivity contribution is 0.471. The second-order valence-corrected chi connectivity index (χ2v) is 4.07. The minimum Gasteiger partial charge on any atom is -0.260 e. The van der Waals surface area contributed by atoms with Gasteiger partial charge in [0.2, 0.25) is 0 Å². The first-order chi connectivity index (χ1) is 5.36. The Morgan fingerprint density at radius 2 is 2.45 bits per heavy atom. The molecule has 1 aromatic heterocycles. The molecule has 58 valence electrons. The Kier molecular flexibility index (Phi) is 2.09. The van der Waals surface area contributed by atoms with Gasteiger partial charge in [0.1, 0.15) is 0 Å². The molecule has 0 aromatic carbocycles. The minimum absolute atomic E-state index is 0.997. The van der Waals surface area contributed by atoms with Crippen LogP contribution in [0.15, 0.2) is 18.3 Å². The molecule has 11 heavy (non-hydrogen) atoms. The molecule has 0 radical (unpaired) electrons. The van der Waals surface area contributed by atoms with Crippen LogP contribution in [0.5, 0.6) is 0 Å². The molecular formula is C8H9IN2. The average molecular weight is 260 g/mol. The maximum Gasteiger partial charge on any atom is 0.0584 e. The molecule has 0 spiro atoms. The summed E-state index contributed by atoms with van der Waals surface area (Å²) in [4.78, 5) is 4.32. The molecule has 0 aliphatic carbocycles. The van der Waals surface area contributed by atoms with Gasteiger partial charge in [0.05, 0.1) is 12.2 Å². The van der Waals surface area contributed by atoms with Crippen molar-refractivity contribution in [3.05, 3.63) is 29.6 Å². The van der Waals surface area contributed by atoms with E-state index >= 15 is 0 Å². The molecule has 0 saturated heterocycles. The van der Waals surface area contributed by atoms with E-state index in [4.69, 9.17) is 0 Å². The Balaban J connectivity index is 2.34. The standard InChI is InChI=1S/C8H9IN2/c9-11-5-3-7-2-1-4-10-8(7)6-11/h1-2,4H,3,5-6H2. The molecule has 0 unspecified atom stereocenters. The van der Waals surface area contributed by atoms with Gasteiger partial charge in [-0.2, -0.15) is 0 Å². The Morgan fingerprint density at radius 3 is 3.36 bits per heavy atom. The van der Waals surface area contributed by atoms with Crippen LogP contribution in [0.25, 0.3) is 0 Å². The lowest BCUT2D eigenvalue weighted by Gasteiger charge is -2.21. The first-order valence-corrected chi connectivity index (χ1v) is 4.66. The van der Waals surface area contributed by atoms with Gasteiger partial charge in [-0.05, 0) is 18.1 Å². The molecule has 1 aliphatic heterocycles. The minimum atomic E-state index is 0.997. The molecule has 1 aromatic rings. The third-order valence-corrected chi connectivity index (χ3v) is 2.75. The lowest BCUT2D eigenvalue weighted by Crippen LogP contribution is -2.22. The number of halogens is 1. The van der Waals surface area contributed by atoms with E-state index in [0.717, 1.165) is 19.5 Å². The quantitative estimate of drug-likeness (QED) is 0.522. The third-order valence-electron chi connectivity index (χ3n) is 1.93. The first kappa shape index (κ1) is 7.49. The van der Waals surface area contributed by atoms with Crippen molar-refractivity contribution in [1.29, 1.82) is 0 Å². The number of hydrogen-bond donors (Lipinski definition) is 0. The SMILES string of the molecule is IN1CCc2cccnc2C1. The van der Waals surface area contributed by atoms with Gasteiger partial charge >= 0.3 is 0 Å². The summed E-state index contributed by atoms with van der Waals surface area (Å²) < 4.78 is 2.27. The average Bonchev–Trinajstić information content (AvgIpc) is 2.04. The van der Waals surface area contributed by atoms with Gasteiger partial charge in [-0.3, -0.25) is 4.98 Å². The third kappa shape index (κ3) is 1.54. The van der Waals surface area contributed by atoms with E-state index in [2.05, 4.69) is 37.0 Å². The van der Waals surface area contributed by atoms with Crippen molar-refractivity contribution in [1.82, 2.24) is 8.10 Å². The Hall–Kier alpha value is -0.160. The summed E-state index contributed by atoms with van der Waals surface area (Å²) >= 11 is 2.35. The second kappa shape index (κ2) is 3.06. The number of pyridine rings is 1. The summed E-state index contributed by atoms with van der Waals surface area (Å²) in [5, 5.41) is 0. The van der Waals surface area contributed by atoms with E-state index in [-0.39, 0.29) is 0 Å². The van der Waals surface area contributed by atoms with Gasteiger partial charge in [-0.15, -0.1) is 0 Å². The predicted octanol–water partition coefficient (Wildman–Crippen LogP) is 1.79. The largest absolute Gasteiger partial charge is 0.260 e. The van der Waals surface area contributed by atoms with Gasteiger partial charge in [0, 0.05) is 35.6 Å². The molecule has 2 rings (SSSR count). The molecule has 0 bridgehead atoms. The zero-order chi connectivity index (χ0) is 7.68. The number of hydrogen-bond acceptors (Lipinski definition) is 2. The highest BCUT2D eigenvalue weighted by Gasteiger charge is 2.13. The number of fused-ring (bicyclic) bond motifs is 1. The fourth-order valence-corrected chi connectivity index (χ4v) is 1.89. The van der Waals surface area contributed by atoms with Gasteiger partial charge in [-0.25, -0.2) is 3.11 Å². The van der Waals surface area contributed by atoms with Crippen LogP contribution in [0, 0.1) is 0 Å². The van der Waals surface area contributed by atoms with Gasteiger partial charge < -0.3 is 0 Å². The van der Waals surface area contributed by atoms with Crippen molar-refractivity contribution in [2.24, 2.45) is 0 Å². The summed E-state index contributed by atoms with van der Waals surface area (Å²) in [5.41, 5.74) is 2.66. The number of rotatable bonds is 0. The van der Waals surface area contributed by atoms with Crippen molar-refractivity contribution in [3.63, 3.8) is 0 Å². The molecule has 0 saturated carbocycles. The maximum absolute atomic E-state index is 4.32. The van der Waals surface area contributed by atoms with Gasteiger partial charge in [-0.1, -0.05) is 6.07 Å². The van der Waals surface area contributed by atoms with E-state index in [9.17, 15) is 0 Å². The molecule has 0 amide bonds. The van der Waals surface area contributed by atoms with Crippen LogP contribution >= 0.6 is 22.9 Å². The summed E-state index contributed by atoms with van der Waals surface area (Å²) in [7, 11) is 0. The summed E-state index contributed by atoms with van der Waals surface area (Å²) in [6.45, 7) is 2.15. The summed E-state index contributed by atoms with van der Waals surface area (Å²) in [5.74, 6) is 0. The summed E-state index contributed by atoms with van der Waals surface area (Å²) in [6.07, 6.45) is 3.01. The predicted molar refractivity (Wildman–Crippen MR) is 52.4 cm³/mol. The number of nitrogens with zero attached hydrogens (tertiary/aromatic N) is 2. The second-order valence-electron chi connectivity index (χ2n) is 2.70. The molecule has 0 fully saturated rings. The Morgan fingerprint density at radius 1 is 1.55 bits per heavy atom. The topological polar surface area (TPSA) is 16.1 Å². The molecule has 1 aliphatic rings. The van der Waals surface area contributed by atoms with Gasteiger partial charge in [0.15, 0.2) is 0 Å². The van der Waals surface area contributed by atoms with Crippen molar-refractivity contribution < 1.29 is 0 Å². The zero-order valence-electron chi connectivity index (χ0n) is 6.13. The van der Waals surface area contributed by atoms with Crippen LogP contribution in [0.3, 0.4) is 0 Å². The van der Waals surface area contributed by atoms with E-state index in [1.54, 1.807) is 0 Å². The van der Waals surface area contributed by atoms with Crippen LogP contribution in [-0.4, -0.2) is 14.6 Å². The smallest absolute Gasteiger partial charge is 0.0584 e. The monoisotopic (exact) mass is 260 g/mol. The van der Waals surface area contributed by atoms with Crippen molar-refractivity contribution in [2.45, 2.75) is 13.0 Å². The number of aromatic nitrogens is 1. The van der Waals surface area contributed by atoms with Crippen molar-refractivity contribution >= 4 is 22.9 Å². The highest BCUT2D eigenvalue weighted by atomic mass is 127. The lowest BCUT2D eigenvalue weighted by atomic mass is 10.1. The molecule has 0 N–H and O–H groups in total. The van der Waals surface area contributed by atoms with Crippen LogP contribution < -0.4 is 0 Å². The fourth-order valence-electron chi connectivity index (χ4n) is 1.32. The normalized spacial score (nSPS) is 17.9. The van der Waals surface area contributed by atoms with Crippen molar-refractivity contribution in [2.75, 3.05) is 6.54 Å². The molecular weight excluding hydrogens is 251 g/mol. The van der Waals surface area contributed by atoms with E-state index < -0.39 is 0 Å². The maximum atomic E-state index is 4.32. The van der Waals surface area contributed by atoms with E-state index in [1.165, 1.54) is 11.3 Å². The molecule has 0 atom stereocenters. The van der Waals surface area contributed by atoms with Crippen LogP contribution in [0.1, 0.15) is 11.3 Å². The molecule has 2 heterocycles. The summed E-state index contributed by atoms with van der Waals surface area (Å²) in [6, 6.07) is 4.19. The molecule has 2 nitrogen and oxygen atoms in total. The van der Waals surface area contributed by atoms with Crippen molar-refractivity contribution in [3.8, 4) is 0 Å². The zero-order valence-corrected chi connectivity index (χ0v) is 8.28. The molecule has 3 heteroatoms. The van der Waals surface area contributed by atoms with Crippen LogP contribution in [0.2, 0.25) is 0 Å². The highest BCUT2D eigenvalue weighted by Crippen LogP contribution is 2.18. The van der Waals surface area contributed by atoms with Crippen LogP contribution in [0.4, 0.5) is 0 Å². The fraction of sp³-hybridized carbons (Fsp3) is 0.375. The van der Waals surface area contributed by atoms with Crippen LogP contribution in [-0.2, 0) is 13.0 Å². The van der Waals surface area contributed by atoms with E-state index in [0.29, 0.717) is 0 Å². The van der Waals surface area contributed by atoms with Gasteiger partial charge in [0.25, 0.3) is 0 Å². The highest BCUT2D eigenvalue weighted by molar-refractivity contribution is 14.1. The Bertz CT molecular complexity index is 262.